The molecule has 0 aliphatic heterocycles. The number of benzene rings is 1. The number of halogens is 1. The third-order valence-electron chi connectivity index (χ3n) is 3.80. The second-order valence-electron chi connectivity index (χ2n) is 5.82. The third-order valence-corrected chi connectivity index (χ3v) is 4.23. The molecule has 5 nitrogen and oxygen atoms in total. The molecule has 2 aromatic rings. The molecule has 0 aliphatic carbocycles. The summed E-state index contributed by atoms with van der Waals surface area (Å²) in [5.74, 6) is 1.16. The highest BCUT2D eigenvalue weighted by atomic mass is 79.9. The van der Waals surface area contributed by atoms with E-state index in [2.05, 4.69) is 25.7 Å². The number of nitrogens with zero attached hydrogens (tertiary/aromatic N) is 1. The Morgan fingerprint density at radius 2 is 1.81 bits per heavy atom. The lowest BCUT2D eigenvalue weighted by atomic mass is 10.1. The smallest absolute Gasteiger partial charge is 0.305 e. The Morgan fingerprint density at radius 1 is 1.04 bits per heavy atom. The average molecular weight is 422 g/mol. The summed E-state index contributed by atoms with van der Waals surface area (Å²) in [6.07, 6.45) is 5.88. The highest BCUT2D eigenvalue weighted by Gasteiger charge is 2.08. The van der Waals surface area contributed by atoms with Crippen LogP contribution in [0.2, 0.25) is 0 Å². The molecule has 0 atom stereocenters. The first-order valence-electron chi connectivity index (χ1n) is 8.71. The van der Waals surface area contributed by atoms with Gasteiger partial charge in [-0.1, -0.05) is 43.2 Å². The minimum atomic E-state index is -0.151. The minimum absolute atomic E-state index is 0.151. The molecule has 0 fully saturated rings. The molecule has 140 valence electrons. The number of ether oxygens (including phenoxy) is 3. The van der Waals surface area contributed by atoms with E-state index in [9.17, 15) is 4.79 Å². The van der Waals surface area contributed by atoms with Crippen LogP contribution in [0, 0.1) is 0 Å². The highest BCUT2D eigenvalue weighted by Crippen LogP contribution is 2.29. The first kappa shape index (κ1) is 20.2. The Labute approximate surface area is 162 Å². The lowest BCUT2D eigenvalue weighted by Crippen LogP contribution is -2.03. The van der Waals surface area contributed by atoms with Crippen LogP contribution >= 0.6 is 15.9 Å². The number of esters is 1. The van der Waals surface area contributed by atoms with Crippen molar-refractivity contribution in [1.29, 1.82) is 0 Å². The molecular weight excluding hydrogens is 398 g/mol. The summed E-state index contributed by atoms with van der Waals surface area (Å²) < 4.78 is 17.1. The van der Waals surface area contributed by atoms with Crippen LogP contribution in [0.3, 0.4) is 0 Å². The lowest BCUT2D eigenvalue weighted by Gasteiger charge is -2.13. The third kappa shape index (κ3) is 7.44. The maximum absolute atomic E-state index is 11.0. The van der Waals surface area contributed by atoms with Gasteiger partial charge in [-0.25, -0.2) is 4.98 Å². The predicted octanol–water partition coefficient (Wildman–Crippen LogP) is 4.93. The SMILES string of the molecule is COC(=O)CCCCCCOc1cnc(Br)cc1OCc1ccccc1. The van der Waals surface area contributed by atoms with Crippen molar-refractivity contribution < 1.29 is 19.0 Å². The van der Waals surface area contributed by atoms with Crippen LogP contribution in [-0.4, -0.2) is 24.7 Å². The van der Waals surface area contributed by atoms with Crippen molar-refractivity contribution in [2.45, 2.75) is 38.7 Å². The van der Waals surface area contributed by atoms with Crippen LogP contribution < -0.4 is 9.47 Å². The number of aromatic nitrogens is 1. The molecule has 26 heavy (non-hydrogen) atoms. The van der Waals surface area contributed by atoms with E-state index in [1.165, 1.54) is 7.11 Å². The van der Waals surface area contributed by atoms with E-state index >= 15 is 0 Å². The summed E-state index contributed by atoms with van der Waals surface area (Å²) >= 11 is 3.37. The standard InChI is InChI=1S/C20H24BrNO4/c1-24-20(23)11-7-2-3-8-12-25-18-14-22-19(21)13-17(18)26-15-16-9-5-4-6-10-16/h4-6,9-10,13-14H,2-3,7-8,11-12,15H2,1H3. The van der Waals surface area contributed by atoms with E-state index in [1.54, 1.807) is 6.20 Å². The van der Waals surface area contributed by atoms with Crippen molar-refractivity contribution >= 4 is 21.9 Å². The number of carbonyl (C=O) groups is 1. The van der Waals surface area contributed by atoms with Gasteiger partial charge in [-0.05, 0) is 34.3 Å². The Balaban J connectivity index is 1.75. The Hall–Kier alpha value is -2.08. The second kappa shape index (κ2) is 11.5. The summed E-state index contributed by atoms with van der Waals surface area (Å²) in [6.45, 7) is 1.06. The fourth-order valence-corrected chi connectivity index (χ4v) is 2.68. The van der Waals surface area contributed by atoms with E-state index in [0.717, 1.165) is 31.2 Å². The van der Waals surface area contributed by atoms with Gasteiger partial charge in [0.15, 0.2) is 11.5 Å². The number of carbonyl (C=O) groups excluding carboxylic acids is 1. The first-order valence-corrected chi connectivity index (χ1v) is 9.50. The molecule has 2 rings (SSSR count). The zero-order valence-corrected chi connectivity index (χ0v) is 16.5. The molecule has 0 bridgehead atoms. The Morgan fingerprint density at radius 3 is 2.58 bits per heavy atom. The predicted molar refractivity (Wildman–Crippen MR) is 103 cm³/mol. The van der Waals surface area contributed by atoms with Crippen LogP contribution in [0.4, 0.5) is 0 Å². The van der Waals surface area contributed by atoms with Gasteiger partial charge in [0.2, 0.25) is 0 Å². The minimum Gasteiger partial charge on any atom is -0.488 e. The summed E-state index contributed by atoms with van der Waals surface area (Å²) in [6, 6.07) is 11.8. The van der Waals surface area contributed by atoms with Crippen LogP contribution in [0.15, 0.2) is 47.2 Å². The summed E-state index contributed by atoms with van der Waals surface area (Å²) in [5, 5.41) is 0. The normalized spacial score (nSPS) is 10.4. The molecule has 1 aromatic carbocycles. The quantitative estimate of drug-likeness (QED) is 0.292. The molecule has 6 heteroatoms. The molecular formula is C20H24BrNO4. The monoisotopic (exact) mass is 421 g/mol. The fraction of sp³-hybridized carbons (Fsp3) is 0.400. The molecule has 0 aliphatic rings. The van der Waals surface area contributed by atoms with Gasteiger partial charge in [-0.15, -0.1) is 0 Å². The molecule has 0 radical (unpaired) electrons. The van der Waals surface area contributed by atoms with Crippen molar-refractivity contribution in [2.75, 3.05) is 13.7 Å². The number of hydrogen-bond donors (Lipinski definition) is 0. The zero-order chi connectivity index (χ0) is 18.6. The number of rotatable bonds is 11. The summed E-state index contributed by atoms with van der Waals surface area (Å²) in [7, 11) is 1.42. The Bertz CT molecular complexity index is 679. The van der Waals surface area contributed by atoms with Crippen LogP contribution in [0.5, 0.6) is 11.5 Å². The number of pyridine rings is 1. The van der Waals surface area contributed by atoms with Gasteiger partial charge in [0.05, 0.1) is 19.9 Å². The van der Waals surface area contributed by atoms with Crippen molar-refractivity contribution in [3.63, 3.8) is 0 Å². The van der Waals surface area contributed by atoms with Gasteiger partial charge in [0, 0.05) is 12.5 Å². The van der Waals surface area contributed by atoms with E-state index in [-0.39, 0.29) is 5.97 Å². The van der Waals surface area contributed by atoms with E-state index < -0.39 is 0 Å². The van der Waals surface area contributed by atoms with Gasteiger partial charge in [0.25, 0.3) is 0 Å². The van der Waals surface area contributed by atoms with Gasteiger partial charge in [-0.3, -0.25) is 4.79 Å². The van der Waals surface area contributed by atoms with E-state index in [4.69, 9.17) is 9.47 Å². The largest absolute Gasteiger partial charge is 0.488 e. The van der Waals surface area contributed by atoms with E-state index in [0.29, 0.717) is 35.7 Å². The zero-order valence-electron chi connectivity index (χ0n) is 14.9. The van der Waals surface area contributed by atoms with Crippen molar-refractivity contribution in [3.8, 4) is 11.5 Å². The van der Waals surface area contributed by atoms with Crippen molar-refractivity contribution in [1.82, 2.24) is 4.98 Å². The number of unbranched alkanes of at least 4 members (excludes halogenated alkanes) is 3. The molecule has 1 heterocycles. The van der Waals surface area contributed by atoms with Crippen LogP contribution in [0.25, 0.3) is 0 Å². The van der Waals surface area contributed by atoms with Crippen LogP contribution in [-0.2, 0) is 16.1 Å². The van der Waals surface area contributed by atoms with Gasteiger partial charge in [0.1, 0.15) is 11.2 Å². The number of methoxy groups -OCH3 is 1. The average Bonchev–Trinajstić information content (AvgIpc) is 2.67. The van der Waals surface area contributed by atoms with Crippen molar-refractivity contribution in [3.05, 3.63) is 52.8 Å². The van der Waals surface area contributed by atoms with E-state index in [1.807, 2.05) is 36.4 Å². The molecule has 1 aromatic heterocycles. The highest BCUT2D eigenvalue weighted by molar-refractivity contribution is 9.10. The first-order chi connectivity index (χ1) is 12.7. The molecule has 0 saturated heterocycles. The molecule has 0 unspecified atom stereocenters. The number of hydrogen-bond acceptors (Lipinski definition) is 5. The molecule has 0 saturated carbocycles. The van der Waals surface area contributed by atoms with Gasteiger partial charge in [-0.2, -0.15) is 0 Å². The summed E-state index contributed by atoms with van der Waals surface area (Å²) in [5.41, 5.74) is 1.09. The summed E-state index contributed by atoms with van der Waals surface area (Å²) in [4.78, 5) is 15.3. The lowest BCUT2D eigenvalue weighted by molar-refractivity contribution is -0.140. The maximum atomic E-state index is 11.0. The molecule has 0 N–H and O–H groups in total. The van der Waals surface area contributed by atoms with Gasteiger partial charge < -0.3 is 14.2 Å². The second-order valence-corrected chi connectivity index (χ2v) is 6.63. The Kier molecular flexibility index (Phi) is 8.96. The maximum Gasteiger partial charge on any atom is 0.305 e. The topological polar surface area (TPSA) is 57.7 Å². The molecule has 0 amide bonds. The van der Waals surface area contributed by atoms with Crippen LogP contribution in [0.1, 0.15) is 37.7 Å². The van der Waals surface area contributed by atoms with Gasteiger partial charge >= 0.3 is 5.97 Å². The fourth-order valence-electron chi connectivity index (χ4n) is 2.37. The van der Waals surface area contributed by atoms with Crippen molar-refractivity contribution in [2.24, 2.45) is 0 Å². The molecule has 0 spiro atoms.